The highest BCUT2D eigenvalue weighted by atomic mass is 35.5. The smallest absolute Gasteiger partial charge is 0.218 e. The Morgan fingerprint density at radius 3 is 2.39 bits per heavy atom. The van der Waals surface area contributed by atoms with Crippen molar-refractivity contribution in [3.05, 3.63) is 34.9 Å². The third-order valence-electron chi connectivity index (χ3n) is 2.97. The Morgan fingerprint density at radius 2 is 1.78 bits per heavy atom. The van der Waals surface area contributed by atoms with Gasteiger partial charge in [-0.2, -0.15) is 0 Å². The Labute approximate surface area is 112 Å². The van der Waals surface area contributed by atoms with Crippen LogP contribution in [0.5, 0.6) is 0 Å². The fraction of sp³-hybridized carbons (Fsp3) is 0.417. The van der Waals surface area contributed by atoms with Gasteiger partial charge >= 0.3 is 0 Å². The first-order valence-corrected chi connectivity index (χ1v) is 7.71. The van der Waals surface area contributed by atoms with Crippen LogP contribution in [0.1, 0.15) is 18.4 Å². The van der Waals surface area contributed by atoms with E-state index in [0.717, 1.165) is 0 Å². The molecule has 4 nitrogen and oxygen atoms in total. The van der Waals surface area contributed by atoms with Gasteiger partial charge in [0.1, 0.15) is 5.78 Å². The molecule has 1 fully saturated rings. The summed E-state index contributed by atoms with van der Waals surface area (Å²) >= 11 is 5.96. The molecule has 1 saturated heterocycles. The summed E-state index contributed by atoms with van der Waals surface area (Å²) in [7, 11) is -3.39. The predicted octanol–water partition coefficient (Wildman–Crippen LogP) is 1.83. The van der Waals surface area contributed by atoms with Gasteiger partial charge in [-0.25, -0.2) is 12.7 Å². The van der Waals surface area contributed by atoms with E-state index in [1.165, 1.54) is 4.31 Å². The first-order chi connectivity index (χ1) is 8.49. The molecule has 1 aromatic carbocycles. The number of nitrogens with zero attached hydrogens (tertiary/aromatic N) is 1. The number of halogens is 1. The lowest BCUT2D eigenvalue weighted by Crippen LogP contribution is -2.39. The lowest BCUT2D eigenvalue weighted by atomic mass is 10.1. The van der Waals surface area contributed by atoms with Crippen molar-refractivity contribution in [1.82, 2.24) is 4.31 Å². The molecular formula is C12H14ClNO3S. The zero-order valence-electron chi connectivity index (χ0n) is 9.80. The lowest BCUT2D eigenvalue weighted by molar-refractivity contribution is -0.120. The highest BCUT2D eigenvalue weighted by Crippen LogP contribution is 2.21. The fourth-order valence-electron chi connectivity index (χ4n) is 1.92. The van der Waals surface area contributed by atoms with Gasteiger partial charge in [0.15, 0.2) is 0 Å². The van der Waals surface area contributed by atoms with Crippen LogP contribution in [0, 0.1) is 0 Å². The second-order valence-corrected chi connectivity index (χ2v) is 6.66. The standard InChI is InChI=1S/C12H14ClNO3S/c13-12-4-2-1-3-10(12)9-18(16,17)14-7-5-11(15)6-8-14/h1-4H,5-9H2. The molecule has 0 atom stereocenters. The molecule has 0 radical (unpaired) electrons. The second-order valence-electron chi connectivity index (χ2n) is 4.29. The van der Waals surface area contributed by atoms with Crippen LogP contribution in [-0.2, 0) is 20.6 Å². The summed E-state index contributed by atoms with van der Waals surface area (Å²) in [6.07, 6.45) is 0.615. The summed E-state index contributed by atoms with van der Waals surface area (Å²) in [4.78, 5) is 11.1. The summed E-state index contributed by atoms with van der Waals surface area (Å²) in [6, 6.07) is 6.90. The molecule has 1 aliphatic rings. The minimum absolute atomic E-state index is 0.110. The normalized spacial score (nSPS) is 17.9. The minimum atomic E-state index is -3.39. The van der Waals surface area contributed by atoms with Crippen molar-refractivity contribution < 1.29 is 13.2 Å². The summed E-state index contributed by atoms with van der Waals surface area (Å²) in [5, 5.41) is 0.453. The fourth-order valence-corrected chi connectivity index (χ4v) is 3.77. The molecular weight excluding hydrogens is 274 g/mol. The van der Waals surface area contributed by atoms with Gasteiger partial charge in [0, 0.05) is 31.0 Å². The first-order valence-electron chi connectivity index (χ1n) is 5.72. The van der Waals surface area contributed by atoms with E-state index in [0.29, 0.717) is 23.4 Å². The largest absolute Gasteiger partial charge is 0.300 e. The predicted molar refractivity (Wildman–Crippen MR) is 69.9 cm³/mol. The Bertz CT molecular complexity index is 546. The van der Waals surface area contributed by atoms with Crippen molar-refractivity contribution in [3.63, 3.8) is 0 Å². The molecule has 0 aromatic heterocycles. The van der Waals surface area contributed by atoms with Gasteiger partial charge in [0.2, 0.25) is 10.0 Å². The van der Waals surface area contributed by atoms with Gasteiger partial charge in [0.05, 0.1) is 5.75 Å². The van der Waals surface area contributed by atoms with Gasteiger partial charge in [-0.05, 0) is 11.6 Å². The van der Waals surface area contributed by atoms with Crippen LogP contribution in [0.3, 0.4) is 0 Å². The van der Waals surface area contributed by atoms with E-state index < -0.39 is 10.0 Å². The molecule has 98 valence electrons. The lowest BCUT2D eigenvalue weighted by Gasteiger charge is -2.25. The van der Waals surface area contributed by atoms with Crippen molar-refractivity contribution in [2.45, 2.75) is 18.6 Å². The zero-order chi connectivity index (χ0) is 13.2. The summed E-state index contributed by atoms with van der Waals surface area (Å²) in [6.45, 7) is 0.567. The van der Waals surface area contributed by atoms with Crippen LogP contribution >= 0.6 is 11.6 Å². The topological polar surface area (TPSA) is 54.5 Å². The van der Waals surface area contributed by atoms with Crippen LogP contribution in [0.2, 0.25) is 5.02 Å². The summed E-state index contributed by atoms with van der Waals surface area (Å²) in [5.74, 6) is 0.0140. The number of piperidine rings is 1. The molecule has 0 spiro atoms. The number of sulfonamides is 1. The number of carbonyl (C=O) groups excluding carboxylic acids is 1. The van der Waals surface area contributed by atoms with Crippen LogP contribution in [0.25, 0.3) is 0 Å². The van der Waals surface area contributed by atoms with Gasteiger partial charge in [-0.3, -0.25) is 4.79 Å². The van der Waals surface area contributed by atoms with E-state index in [1.807, 2.05) is 0 Å². The maximum atomic E-state index is 12.2. The molecule has 0 aliphatic carbocycles. The van der Waals surface area contributed by atoms with Gasteiger partial charge in [-0.15, -0.1) is 0 Å². The number of hydrogen-bond acceptors (Lipinski definition) is 3. The Kier molecular flexibility index (Phi) is 4.04. The number of carbonyl (C=O) groups is 1. The van der Waals surface area contributed by atoms with Gasteiger partial charge in [-0.1, -0.05) is 29.8 Å². The zero-order valence-corrected chi connectivity index (χ0v) is 11.4. The molecule has 0 unspecified atom stereocenters. The summed E-state index contributed by atoms with van der Waals surface area (Å²) in [5.41, 5.74) is 0.594. The van der Waals surface area contributed by atoms with Crippen LogP contribution in [-0.4, -0.2) is 31.6 Å². The van der Waals surface area contributed by atoms with E-state index in [-0.39, 0.29) is 24.6 Å². The minimum Gasteiger partial charge on any atom is -0.300 e. The Morgan fingerprint density at radius 1 is 1.17 bits per heavy atom. The van der Waals surface area contributed by atoms with Crippen LogP contribution in [0.4, 0.5) is 0 Å². The van der Waals surface area contributed by atoms with E-state index in [2.05, 4.69) is 0 Å². The third-order valence-corrected chi connectivity index (χ3v) is 5.17. The van der Waals surface area contributed by atoms with Crippen LogP contribution in [0.15, 0.2) is 24.3 Å². The van der Waals surface area contributed by atoms with E-state index in [4.69, 9.17) is 11.6 Å². The second kappa shape index (κ2) is 5.38. The third kappa shape index (κ3) is 3.10. The Hall–Kier alpha value is -0.910. The van der Waals surface area contributed by atoms with Crippen molar-refractivity contribution >= 4 is 27.4 Å². The molecule has 0 amide bonds. The van der Waals surface area contributed by atoms with Crippen molar-refractivity contribution in [2.24, 2.45) is 0 Å². The number of rotatable bonds is 3. The van der Waals surface area contributed by atoms with E-state index in [1.54, 1.807) is 24.3 Å². The quantitative estimate of drug-likeness (QED) is 0.852. The molecule has 0 N–H and O–H groups in total. The van der Waals surface area contributed by atoms with Crippen molar-refractivity contribution in [2.75, 3.05) is 13.1 Å². The number of hydrogen-bond donors (Lipinski definition) is 0. The van der Waals surface area contributed by atoms with Crippen molar-refractivity contribution in [1.29, 1.82) is 0 Å². The monoisotopic (exact) mass is 287 g/mol. The van der Waals surface area contributed by atoms with Gasteiger partial charge in [0.25, 0.3) is 0 Å². The van der Waals surface area contributed by atoms with E-state index in [9.17, 15) is 13.2 Å². The highest BCUT2D eigenvalue weighted by Gasteiger charge is 2.27. The summed E-state index contributed by atoms with van der Waals surface area (Å²) < 4.78 is 25.7. The molecule has 0 saturated carbocycles. The molecule has 6 heteroatoms. The van der Waals surface area contributed by atoms with Crippen LogP contribution < -0.4 is 0 Å². The van der Waals surface area contributed by atoms with Gasteiger partial charge < -0.3 is 0 Å². The maximum absolute atomic E-state index is 12.2. The highest BCUT2D eigenvalue weighted by molar-refractivity contribution is 7.88. The maximum Gasteiger partial charge on any atom is 0.218 e. The number of Topliss-reactive ketones (excluding diaryl/α,β-unsaturated/α-hetero) is 1. The molecule has 0 bridgehead atoms. The number of benzene rings is 1. The Balaban J connectivity index is 2.13. The van der Waals surface area contributed by atoms with E-state index >= 15 is 0 Å². The average molecular weight is 288 g/mol. The first kappa shape index (κ1) is 13.5. The molecule has 1 aliphatic heterocycles. The SMILES string of the molecule is O=C1CCN(S(=O)(=O)Cc2ccccc2Cl)CC1. The average Bonchev–Trinajstić information content (AvgIpc) is 2.32. The van der Waals surface area contributed by atoms with Crippen molar-refractivity contribution in [3.8, 4) is 0 Å². The molecule has 2 rings (SSSR count). The molecule has 18 heavy (non-hydrogen) atoms. The number of ketones is 1. The molecule has 1 heterocycles. The molecule has 1 aromatic rings.